The van der Waals surface area contributed by atoms with Gasteiger partial charge in [-0.15, -0.1) is 0 Å². The number of sulfone groups is 1. The standard InChI is InChI=1S/C14H21N3O3S/c1-21(19,20)11-2-3-13(12(15)9-11)17-6-4-10(5-7-17)8-14(16)18/h2-3,9-10H,4-8,15H2,1H3,(H2,16,18). The zero-order valence-electron chi connectivity index (χ0n) is 12.1. The number of hydrogen-bond donors (Lipinski definition) is 2. The third kappa shape index (κ3) is 3.87. The largest absolute Gasteiger partial charge is 0.397 e. The molecule has 1 aromatic rings. The van der Waals surface area contributed by atoms with E-state index < -0.39 is 9.84 Å². The molecule has 0 atom stereocenters. The van der Waals surface area contributed by atoms with Crippen LogP contribution in [0.4, 0.5) is 11.4 Å². The van der Waals surface area contributed by atoms with E-state index in [-0.39, 0.29) is 10.8 Å². The first-order valence-corrected chi connectivity index (χ1v) is 8.79. The SMILES string of the molecule is CS(=O)(=O)c1ccc(N2CCC(CC(N)=O)CC2)c(N)c1. The monoisotopic (exact) mass is 311 g/mol. The van der Waals surface area contributed by atoms with Gasteiger partial charge in [-0.25, -0.2) is 8.42 Å². The highest BCUT2D eigenvalue weighted by molar-refractivity contribution is 7.90. The van der Waals surface area contributed by atoms with Gasteiger partial charge in [0.15, 0.2) is 9.84 Å². The van der Waals surface area contributed by atoms with Crippen LogP contribution in [-0.2, 0) is 14.6 Å². The predicted molar refractivity (Wildman–Crippen MR) is 82.7 cm³/mol. The van der Waals surface area contributed by atoms with Crippen molar-refractivity contribution in [2.75, 3.05) is 30.0 Å². The third-order valence-corrected chi connectivity index (χ3v) is 4.98. The Kier molecular flexibility index (Phi) is 4.41. The van der Waals surface area contributed by atoms with E-state index in [1.54, 1.807) is 12.1 Å². The minimum Gasteiger partial charge on any atom is -0.397 e. The molecule has 0 aromatic heterocycles. The van der Waals surface area contributed by atoms with Crippen LogP contribution < -0.4 is 16.4 Å². The highest BCUT2D eigenvalue weighted by Gasteiger charge is 2.22. The molecule has 4 N–H and O–H groups in total. The lowest BCUT2D eigenvalue weighted by atomic mass is 9.93. The summed E-state index contributed by atoms with van der Waals surface area (Å²) >= 11 is 0. The average Bonchev–Trinajstić information content (AvgIpc) is 2.38. The Morgan fingerprint density at radius 2 is 1.95 bits per heavy atom. The number of carbonyl (C=O) groups excluding carboxylic acids is 1. The molecule has 7 heteroatoms. The van der Waals surface area contributed by atoms with Gasteiger partial charge in [0.2, 0.25) is 5.91 Å². The number of nitrogens with two attached hydrogens (primary N) is 2. The molecule has 0 aliphatic carbocycles. The molecule has 6 nitrogen and oxygen atoms in total. The van der Waals surface area contributed by atoms with Gasteiger partial charge in [-0.1, -0.05) is 0 Å². The maximum atomic E-state index is 11.5. The summed E-state index contributed by atoms with van der Waals surface area (Å²) in [4.78, 5) is 13.3. The van der Waals surface area contributed by atoms with Gasteiger partial charge in [0.25, 0.3) is 0 Å². The van der Waals surface area contributed by atoms with E-state index in [0.717, 1.165) is 37.9 Å². The normalized spacial score (nSPS) is 16.9. The van der Waals surface area contributed by atoms with Crippen LogP contribution in [0.1, 0.15) is 19.3 Å². The fourth-order valence-electron chi connectivity index (χ4n) is 2.71. The van der Waals surface area contributed by atoms with Crippen LogP contribution in [0.2, 0.25) is 0 Å². The van der Waals surface area contributed by atoms with Gasteiger partial charge < -0.3 is 16.4 Å². The van der Waals surface area contributed by atoms with Crippen molar-refractivity contribution in [3.63, 3.8) is 0 Å². The van der Waals surface area contributed by atoms with Crippen molar-refractivity contribution in [1.29, 1.82) is 0 Å². The minimum atomic E-state index is -3.24. The summed E-state index contributed by atoms with van der Waals surface area (Å²) in [6.07, 6.45) is 3.36. The lowest BCUT2D eigenvalue weighted by Crippen LogP contribution is -2.35. The first-order valence-electron chi connectivity index (χ1n) is 6.90. The third-order valence-electron chi connectivity index (χ3n) is 3.87. The molecule has 0 saturated carbocycles. The summed E-state index contributed by atoms with van der Waals surface area (Å²) in [6.45, 7) is 1.58. The second kappa shape index (κ2) is 5.93. The summed E-state index contributed by atoms with van der Waals surface area (Å²) in [5.41, 5.74) is 12.5. The topological polar surface area (TPSA) is 106 Å². The Labute approximate surface area is 125 Å². The number of benzene rings is 1. The Hall–Kier alpha value is -1.76. The second-order valence-corrected chi connectivity index (χ2v) is 7.61. The summed E-state index contributed by atoms with van der Waals surface area (Å²) in [6, 6.07) is 4.83. The Bertz CT molecular complexity index is 635. The zero-order valence-corrected chi connectivity index (χ0v) is 12.9. The quantitative estimate of drug-likeness (QED) is 0.799. The Morgan fingerprint density at radius 3 is 2.43 bits per heavy atom. The molecule has 0 spiro atoms. The molecule has 0 radical (unpaired) electrons. The fraction of sp³-hybridized carbons (Fsp3) is 0.500. The molecule has 1 aromatic carbocycles. The van der Waals surface area contributed by atoms with E-state index in [9.17, 15) is 13.2 Å². The molecule has 1 fully saturated rings. The number of nitrogen functional groups attached to an aromatic ring is 1. The summed E-state index contributed by atoms with van der Waals surface area (Å²) in [5, 5.41) is 0. The zero-order chi connectivity index (χ0) is 15.6. The number of piperidine rings is 1. The molecule has 1 aliphatic heterocycles. The van der Waals surface area contributed by atoms with Crippen LogP contribution in [0, 0.1) is 5.92 Å². The van der Waals surface area contributed by atoms with Crippen molar-refractivity contribution in [1.82, 2.24) is 0 Å². The van der Waals surface area contributed by atoms with Crippen LogP contribution in [0.3, 0.4) is 0 Å². The Balaban J connectivity index is 2.09. The van der Waals surface area contributed by atoms with Crippen LogP contribution in [0.25, 0.3) is 0 Å². The smallest absolute Gasteiger partial charge is 0.217 e. The van der Waals surface area contributed by atoms with Crippen molar-refractivity contribution in [2.45, 2.75) is 24.2 Å². The van der Waals surface area contributed by atoms with Crippen molar-refractivity contribution in [3.8, 4) is 0 Å². The predicted octanol–water partition coefficient (Wildman–Crippen LogP) is 0.764. The summed E-state index contributed by atoms with van der Waals surface area (Å²) < 4.78 is 23.0. The lowest BCUT2D eigenvalue weighted by molar-refractivity contribution is -0.119. The number of hydrogen-bond acceptors (Lipinski definition) is 5. The van der Waals surface area contributed by atoms with E-state index in [0.29, 0.717) is 18.0 Å². The van der Waals surface area contributed by atoms with Gasteiger partial charge in [-0.05, 0) is 37.0 Å². The first kappa shape index (κ1) is 15.6. The van der Waals surface area contributed by atoms with Gasteiger partial charge in [0.05, 0.1) is 16.3 Å². The number of carbonyl (C=O) groups is 1. The molecule has 0 bridgehead atoms. The number of rotatable bonds is 4. The van der Waals surface area contributed by atoms with E-state index >= 15 is 0 Å². The van der Waals surface area contributed by atoms with Crippen LogP contribution in [0.15, 0.2) is 23.1 Å². The number of primary amides is 1. The van der Waals surface area contributed by atoms with Gasteiger partial charge >= 0.3 is 0 Å². The van der Waals surface area contributed by atoms with Crippen molar-refractivity contribution < 1.29 is 13.2 Å². The lowest BCUT2D eigenvalue weighted by Gasteiger charge is -2.34. The van der Waals surface area contributed by atoms with Crippen molar-refractivity contribution >= 4 is 27.1 Å². The molecule has 1 saturated heterocycles. The van der Waals surface area contributed by atoms with E-state index in [1.165, 1.54) is 6.07 Å². The number of amides is 1. The fourth-order valence-corrected chi connectivity index (χ4v) is 3.37. The molecule has 0 unspecified atom stereocenters. The van der Waals surface area contributed by atoms with Gasteiger partial charge in [-0.2, -0.15) is 0 Å². The van der Waals surface area contributed by atoms with E-state index in [2.05, 4.69) is 4.90 Å². The van der Waals surface area contributed by atoms with Crippen molar-refractivity contribution in [2.24, 2.45) is 11.7 Å². The number of nitrogens with zero attached hydrogens (tertiary/aromatic N) is 1. The average molecular weight is 311 g/mol. The minimum absolute atomic E-state index is 0.229. The molecular weight excluding hydrogens is 290 g/mol. The highest BCUT2D eigenvalue weighted by Crippen LogP contribution is 2.30. The highest BCUT2D eigenvalue weighted by atomic mass is 32.2. The first-order chi connectivity index (χ1) is 9.77. The molecule has 1 amide bonds. The maximum Gasteiger partial charge on any atom is 0.217 e. The van der Waals surface area contributed by atoms with Crippen molar-refractivity contribution in [3.05, 3.63) is 18.2 Å². The molecule has 1 aliphatic rings. The molecule has 116 valence electrons. The number of anilines is 2. The molecular formula is C14H21N3O3S. The van der Waals surface area contributed by atoms with E-state index in [4.69, 9.17) is 11.5 Å². The second-order valence-electron chi connectivity index (χ2n) is 5.59. The van der Waals surface area contributed by atoms with E-state index in [1.807, 2.05) is 0 Å². The molecule has 21 heavy (non-hydrogen) atoms. The van der Waals surface area contributed by atoms with Crippen LogP contribution in [-0.4, -0.2) is 33.7 Å². The molecule has 1 heterocycles. The van der Waals surface area contributed by atoms with Crippen LogP contribution >= 0.6 is 0 Å². The van der Waals surface area contributed by atoms with Gasteiger partial charge in [0, 0.05) is 25.8 Å². The Morgan fingerprint density at radius 1 is 1.33 bits per heavy atom. The van der Waals surface area contributed by atoms with Gasteiger partial charge in [0.1, 0.15) is 0 Å². The maximum absolute atomic E-state index is 11.5. The summed E-state index contributed by atoms with van der Waals surface area (Å²) in [5.74, 6) is 0.0701. The summed E-state index contributed by atoms with van der Waals surface area (Å²) in [7, 11) is -3.24. The van der Waals surface area contributed by atoms with Crippen LogP contribution in [0.5, 0.6) is 0 Å². The molecule has 2 rings (SSSR count). The van der Waals surface area contributed by atoms with Gasteiger partial charge in [-0.3, -0.25) is 4.79 Å².